The van der Waals surface area contributed by atoms with Crippen LogP contribution in [0.4, 0.5) is 5.82 Å². The van der Waals surface area contributed by atoms with Gasteiger partial charge in [0.25, 0.3) is 0 Å². The van der Waals surface area contributed by atoms with E-state index in [0.717, 1.165) is 18.1 Å². The fourth-order valence-electron chi connectivity index (χ4n) is 1.93. The van der Waals surface area contributed by atoms with Crippen LogP contribution in [0.2, 0.25) is 0 Å². The van der Waals surface area contributed by atoms with Crippen molar-refractivity contribution in [3.8, 4) is 0 Å². The summed E-state index contributed by atoms with van der Waals surface area (Å²) in [6, 6.07) is 8.87. The predicted octanol–water partition coefficient (Wildman–Crippen LogP) is 3.45. The van der Waals surface area contributed by atoms with Crippen LogP contribution >= 0.6 is 22.9 Å². The molecule has 0 amide bonds. The number of halogens is 1. The molecule has 0 radical (unpaired) electrons. The lowest BCUT2D eigenvalue weighted by molar-refractivity contribution is 0.767. The van der Waals surface area contributed by atoms with Crippen LogP contribution in [0.3, 0.4) is 0 Å². The molecule has 2 heterocycles. The minimum Gasteiger partial charge on any atom is -0.347 e. The molecule has 3 nitrogen and oxygen atoms in total. The van der Waals surface area contributed by atoms with E-state index in [-0.39, 0.29) is 0 Å². The molecule has 0 atom stereocenters. The Hall–Kier alpha value is -1.13. The van der Waals surface area contributed by atoms with Gasteiger partial charge in [0.15, 0.2) is 5.82 Å². The number of thiophene rings is 1. The van der Waals surface area contributed by atoms with E-state index in [9.17, 15) is 0 Å². The lowest BCUT2D eigenvalue weighted by atomic mass is 10.3. The van der Waals surface area contributed by atoms with Crippen molar-refractivity contribution < 1.29 is 0 Å². The number of hydrogen-bond donors (Lipinski definition) is 0. The van der Waals surface area contributed by atoms with Crippen molar-refractivity contribution in [1.82, 2.24) is 10.2 Å². The average Bonchev–Trinajstić information content (AvgIpc) is 3.13. The molecule has 0 aromatic carbocycles. The van der Waals surface area contributed by atoms with Crippen molar-refractivity contribution in [1.29, 1.82) is 0 Å². The predicted molar refractivity (Wildman–Crippen MR) is 75.1 cm³/mol. The maximum Gasteiger partial charge on any atom is 0.151 e. The minimum absolute atomic E-state index is 0.418. The minimum atomic E-state index is 0.418. The van der Waals surface area contributed by atoms with E-state index < -0.39 is 0 Å². The van der Waals surface area contributed by atoms with Gasteiger partial charge in [0.2, 0.25) is 0 Å². The molecule has 1 aliphatic carbocycles. The normalized spacial score (nSPS) is 14.7. The second kappa shape index (κ2) is 5.24. The van der Waals surface area contributed by atoms with Gasteiger partial charge in [-0.25, -0.2) is 0 Å². The zero-order valence-corrected chi connectivity index (χ0v) is 11.5. The van der Waals surface area contributed by atoms with E-state index in [2.05, 4.69) is 32.6 Å². The molecule has 0 saturated heterocycles. The lowest BCUT2D eigenvalue weighted by Gasteiger charge is -2.22. The second-order valence-corrected chi connectivity index (χ2v) is 5.75. The summed E-state index contributed by atoms with van der Waals surface area (Å²) in [6.07, 6.45) is 2.51. The molecular weight excluding hydrogens is 266 g/mol. The zero-order valence-electron chi connectivity index (χ0n) is 9.92. The van der Waals surface area contributed by atoms with E-state index in [1.165, 1.54) is 17.7 Å². The van der Waals surface area contributed by atoms with Crippen LogP contribution in [-0.2, 0) is 12.4 Å². The largest absolute Gasteiger partial charge is 0.347 e. The SMILES string of the molecule is ClCc1ccc(N(Cc2cccs2)C2CC2)nn1. The van der Waals surface area contributed by atoms with Crippen molar-refractivity contribution in [2.24, 2.45) is 0 Å². The maximum atomic E-state index is 5.73. The Labute approximate surface area is 115 Å². The summed E-state index contributed by atoms with van der Waals surface area (Å²) in [6.45, 7) is 0.928. The molecule has 3 rings (SSSR count). The zero-order chi connectivity index (χ0) is 12.4. The van der Waals surface area contributed by atoms with Gasteiger partial charge in [-0.3, -0.25) is 0 Å². The fourth-order valence-corrected chi connectivity index (χ4v) is 2.78. The first-order valence-corrected chi connectivity index (χ1v) is 7.46. The Morgan fingerprint density at radius 3 is 2.72 bits per heavy atom. The molecule has 94 valence electrons. The highest BCUT2D eigenvalue weighted by Gasteiger charge is 2.30. The molecular formula is C13H14ClN3S. The van der Waals surface area contributed by atoms with E-state index in [1.54, 1.807) is 11.3 Å². The van der Waals surface area contributed by atoms with Crippen LogP contribution in [0.25, 0.3) is 0 Å². The van der Waals surface area contributed by atoms with Crippen molar-refractivity contribution in [2.45, 2.75) is 31.3 Å². The third-order valence-corrected chi connectivity index (χ3v) is 4.17. The van der Waals surface area contributed by atoms with Gasteiger partial charge in [0.1, 0.15) is 0 Å². The molecule has 1 aliphatic rings. The smallest absolute Gasteiger partial charge is 0.151 e. The van der Waals surface area contributed by atoms with Gasteiger partial charge in [0.05, 0.1) is 18.1 Å². The Morgan fingerprint density at radius 1 is 1.28 bits per heavy atom. The third kappa shape index (κ3) is 2.65. The van der Waals surface area contributed by atoms with Gasteiger partial charge in [0, 0.05) is 10.9 Å². The summed E-state index contributed by atoms with van der Waals surface area (Å²) in [5, 5.41) is 10.5. The summed E-state index contributed by atoms with van der Waals surface area (Å²) in [5.41, 5.74) is 0.826. The monoisotopic (exact) mass is 279 g/mol. The Kier molecular flexibility index (Phi) is 3.48. The van der Waals surface area contributed by atoms with Crippen LogP contribution in [0.1, 0.15) is 23.4 Å². The highest BCUT2D eigenvalue weighted by atomic mass is 35.5. The van der Waals surface area contributed by atoms with Gasteiger partial charge in [-0.05, 0) is 36.4 Å². The molecule has 2 aromatic heterocycles. The van der Waals surface area contributed by atoms with Gasteiger partial charge in [-0.2, -0.15) is 5.10 Å². The number of rotatable bonds is 5. The molecule has 0 unspecified atom stereocenters. The lowest BCUT2D eigenvalue weighted by Crippen LogP contribution is -2.25. The number of hydrogen-bond acceptors (Lipinski definition) is 4. The molecule has 0 N–H and O–H groups in total. The van der Waals surface area contributed by atoms with Crippen LogP contribution in [0.15, 0.2) is 29.6 Å². The molecule has 0 bridgehead atoms. The van der Waals surface area contributed by atoms with Gasteiger partial charge < -0.3 is 4.90 Å². The van der Waals surface area contributed by atoms with Crippen LogP contribution in [0, 0.1) is 0 Å². The molecule has 1 saturated carbocycles. The molecule has 0 spiro atoms. The first-order valence-electron chi connectivity index (χ1n) is 6.04. The van der Waals surface area contributed by atoms with Gasteiger partial charge in [-0.15, -0.1) is 28.0 Å². The van der Waals surface area contributed by atoms with Crippen LogP contribution in [-0.4, -0.2) is 16.2 Å². The van der Waals surface area contributed by atoms with E-state index in [0.29, 0.717) is 11.9 Å². The maximum absolute atomic E-state index is 5.73. The fraction of sp³-hybridized carbons (Fsp3) is 0.385. The third-order valence-electron chi connectivity index (χ3n) is 3.03. The summed E-state index contributed by atoms with van der Waals surface area (Å²) in [7, 11) is 0. The number of aromatic nitrogens is 2. The summed E-state index contributed by atoms with van der Waals surface area (Å²) < 4.78 is 0. The van der Waals surface area contributed by atoms with Crippen molar-refractivity contribution in [3.63, 3.8) is 0 Å². The first-order chi connectivity index (χ1) is 8.86. The molecule has 5 heteroatoms. The van der Waals surface area contributed by atoms with Gasteiger partial charge in [-0.1, -0.05) is 6.07 Å². The standard InChI is InChI=1S/C13H14ClN3S/c14-8-10-3-6-13(16-15-10)17(11-4-5-11)9-12-2-1-7-18-12/h1-3,6-7,11H,4-5,8-9H2. The topological polar surface area (TPSA) is 29.0 Å². The Morgan fingerprint density at radius 2 is 2.17 bits per heavy atom. The molecule has 1 fully saturated rings. The van der Waals surface area contributed by atoms with Crippen molar-refractivity contribution in [3.05, 3.63) is 40.2 Å². The number of nitrogens with zero attached hydrogens (tertiary/aromatic N) is 3. The number of anilines is 1. The van der Waals surface area contributed by atoms with E-state index in [1.807, 2.05) is 12.1 Å². The second-order valence-electron chi connectivity index (χ2n) is 4.45. The summed E-state index contributed by atoms with van der Waals surface area (Å²) in [4.78, 5) is 3.71. The summed E-state index contributed by atoms with van der Waals surface area (Å²) >= 11 is 7.52. The summed E-state index contributed by atoms with van der Waals surface area (Å²) in [5.74, 6) is 1.38. The van der Waals surface area contributed by atoms with Crippen molar-refractivity contribution >= 4 is 28.8 Å². The van der Waals surface area contributed by atoms with Crippen LogP contribution in [0.5, 0.6) is 0 Å². The molecule has 0 aliphatic heterocycles. The Balaban J connectivity index is 1.80. The highest BCUT2D eigenvalue weighted by Crippen LogP contribution is 2.32. The molecule has 18 heavy (non-hydrogen) atoms. The molecule has 2 aromatic rings. The van der Waals surface area contributed by atoms with Crippen LogP contribution < -0.4 is 4.90 Å². The Bertz CT molecular complexity index is 493. The number of alkyl halides is 1. The quantitative estimate of drug-likeness (QED) is 0.785. The van der Waals surface area contributed by atoms with Crippen molar-refractivity contribution in [2.75, 3.05) is 4.90 Å². The van der Waals surface area contributed by atoms with E-state index >= 15 is 0 Å². The highest BCUT2D eigenvalue weighted by molar-refractivity contribution is 7.09. The average molecular weight is 280 g/mol. The first kappa shape index (κ1) is 11.9. The van der Waals surface area contributed by atoms with Gasteiger partial charge >= 0.3 is 0 Å². The van der Waals surface area contributed by atoms with E-state index in [4.69, 9.17) is 11.6 Å².